The van der Waals surface area contributed by atoms with Gasteiger partial charge in [0, 0.05) is 6.04 Å². The van der Waals surface area contributed by atoms with Crippen LogP contribution in [0.2, 0.25) is 0 Å². The Kier molecular flexibility index (Phi) is 4.99. The second-order valence-electron chi connectivity index (χ2n) is 4.77. The quantitative estimate of drug-likeness (QED) is 0.826. The molecule has 0 radical (unpaired) electrons. The summed E-state index contributed by atoms with van der Waals surface area (Å²) in [5, 5.41) is 12.2. The number of carboxylic acids is 1. The molecule has 104 valence electrons. The maximum absolute atomic E-state index is 12.1. The van der Waals surface area contributed by atoms with Crippen LogP contribution in [0, 0.1) is 5.92 Å². The minimum Gasteiger partial charge on any atom is -0.481 e. The van der Waals surface area contributed by atoms with Gasteiger partial charge in [0.1, 0.15) is 0 Å². The second-order valence-corrected chi connectivity index (χ2v) is 7.23. The predicted octanol–water partition coefficient (Wildman–Crippen LogP) is 3.27. The maximum atomic E-state index is 12.1. The minimum atomic E-state index is -0.806. The Morgan fingerprint density at radius 1 is 1.26 bits per heavy atom. The van der Waals surface area contributed by atoms with Crippen molar-refractivity contribution in [1.29, 1.82) is 0 Å². The summed E-state index contributed by atoms with van der Waals surface area (Å²) in [5.74, 6) is -1.44. The van der Waals surface area contributed by atoms with Gasteiger partial charge in [-0.3, -0.25) is 9.59 Å². The lowest BCUT2D eigenvalue weighted by Gasteiger charge is -2.22. The Morgan fingerprint density at radius 3 is 2.63 bits per heavy atom. The molecule has 4 nitrogen and oxygen atoms in total. The Morgan fingerprint density at radius 2 is 2.00 bits per heavy atom. The molecule has 0 aliphatic heterocycles. The largest absolute Gasteiger partial charge is 0.481 e. The SMILES string of the molecule is O=C(N[C@H]1CCCCC[C@H]1C(=O)O)c1ccc(Br)s1. The Balaban J connectivity index is 2.06. The first-order valence-corrected chi connectivity index (χ1v) is 7.98. The number of aliphatic carboxylic acids is 1. The van der Waals surface area contributed by atoms with Gasteiger partial charge >= 0.3 is 5.97 Å². The summed E-state index contributed by atoms with van der Waals surface area (Å²) in [6, 6.07) is 3.31. The zero-order valence-corrected chi connectivity index (χ0v) is 12.8. The number of hydrogen-bond donors (Lipinski definition) is 2. The van der Waals surface area contributed by atoms with Gasteiger partial charge in [-0.15, -0.1) is 11.3 Å². The van der Waals surface area contributed by atoms with Crippen LogP contribution in [0.4, 0.5) is 0 Å². The van der Waals surface area contributed by atoms with Gasteiger partial charge in [0.2, 0.25) is 0 Å². The van der Waals surface area contributed by atoms with E-state index in [-0.39, 0.29) is 11.9 Å². The number of nitrogens with one attached hydrogen (secondary N) is 1. The zero-order chi connectivity index (χ0) is 13.8. The molecule has 0 aromatic carbocycles. The number of carbonyl (C=O) groups excluding carboxylic acids is 1. The molecule has 1 heterocycles. The van der Waals surface area contributed by atoms with E-state index in [0.717, 1.165) is 29.5 Å². The van der Waals surface area contributed by atoms with Crippen LogP contribution in [0.1, 0.15) is 41.8 Å². The molecule has 0 saturated heterocycles. The second kappa shape index (κ2) is 6.52. The van der Waals surface area contributed by atoms with E-state index in [0.29, 0.717) is 11.3 Å². The molecule has 1 amide bonds. The van der Waals surface area contributed by atoms with Crippen LogP contribution in [0.15, 0.2) is 15.9 Å². The highest BCUT2D eigenvalue weighted by Crippen LogP contribution is 2.26. The normalized spacial score (nSPS) is 23.6. The fourth-order valence-corrected chi connectivity index (χ4v) is 3.74. The lowest BCUT2D eigenvalue weighted by molar-refractivity contribution is -0.142. The fraction of sp³-hybridized carbons (Fsp3) is 0.538. The standard InChI is InChI=1S/C13H16BrNO3S/c14-11-7-6-10(19-11)12(16)15-9-5-3-1-2-4-8(9)13(17)18/h6-9H,1-5H2,(H,15,16)(H,17,18)/t8-,9+/m1/s1. The molecule has 2 N–H and O–H groups in total. The van der Waals surface area contributed by atoms with E-state index in [9.17, 15) is 14.7 Å². The van der Waals surface area contributed by atoms with Crippen molar-refractivity contribution in [3.63, 3.8) is 0 Å². The van der Waals surface area contributed by atoms with Crippen LogP contribution in [0.25, 0.3) is 0 Å². The van der Waals surface area contributed by atoms with Crippen LogP contribution < -0.4 is 5.32 Å². The number of hydrogen-bond acceptors (Lipinski definition) is 3. The summed E-state index contributed by atoms with van der Waals surface area (Å²) in [5.41, 5.74) is 0. The van der Waals surface area contributed by atoms with E-state index in [1.54, 1.807) is 6.07 Å². The molecule has 1 fully saturated rings. The number of carboxylic acid groups (broad SMARTS) is 1. The third kappa shape index (κ3) is 3.79. The van der Waals surface area contributed by atoms with Crippen molar-refractivity contribution in [3.05, 3.63) is 20.8 Å². The summed E-state index contributed by atoms with van der Waals surface area (Å²) in [7, 11) is 0. The van der Waals surface area contributed by atoms with Crippen LogP contribution in [-0.4, -0.2) is 23.0 Å². The number of rotatable bonds is 3. The molecule has 0 spiro atoms. The van der Waals surface area contributed by atoms with Crippen molar-refractivity contribution in [2.24, 2.45) is 5.92 Å². The average molecular weight is 346 g/mol. The van der Waals surface area contributed by atoms with Crippen LogP contribution in [0.5, 0.6) is 0 Å². The van der Waals surface area contributed by atoms with Gasteiger partial charge in [0.05, 0.1) is 14.6 Å². The first kappa shape index (κ1) is 14.5. The molecular weight excluding hydrogens is 330 g/mol. The number of thiophene rings is 1. The lowest BCUT2D eigenvalue weighted by atomic mass is 9.95. The van der Waals surface area contributed by atoms with Crippen molar-refractivity contribution in [1.82, 2.24) is 5.32 Å². The van der Waals surface area contributed by atoms with Gasteiger partial charge in [-0.1, -0.05) is 19.3 Å². The van der Waals surface area contributed by atoms with E-state index in [1.807, 2.05) is 6.07 Å². The number of amides is 1. The van der Waals surface area contributed by atoms with Crippen molar-refractivity contribution >= 4 is 39.1 Å². The van der Waals surface area contributed by atoms with Crippen molar-refractivity contribution in [2.75, 3.05) is 0 Å². The van der Waals surface area contributed by atoms with Crippen LogP contribution in [0.3, 0.4) is 0 Å². The molecule has 1 aliphatic rings. The monoisotopic (exact) mass is 345 g/mol. The Bertz CT molecular complexity index is 474. The summed E-state index contributed by atoms with van der Waals surface area (Å²) in [4.78, 5) is 24.0. The minimum absolute atomic E-state index is 0.172. The first-order valence-electron chi connectivity index (χ1n) is 6.37. The molecule has 6 heteroatoms. The Labute approximate surface area is 124 Å². The summed E-state index contributed by atoms with van der Waals surface area (Å²) < 4.78 is 0.897. The average Bonchev–Trinajstić information content (AvgIpc) is 2.65. The summed E-state index contributed by atoms with van der Waals surface area (Å²) in [6.07, 6.45) is 4.33. The third-order valence-electron chi connectivity index (χ3n) is 3.45. The van der Waals surface area contributed by atoms with Crippen molar-refractivity contribution in [2.45, 2.75) is 38.1 Å². The third-order valence-corrected chi connectivity index (χ3v) is 5.07. The molecule has 2 rings (SSSR count). The predicted molar refractivity (Wildman–Crippen MR) is 77.5 cm³/mol. The number of halogens is 1. The highest BCUT2D eigenvalue weighted by molar-refractivity contribution is 9.11. The van der Waals surface area contributed by atoms with E-state index in [4.69, 9.17) is 0 Å². The Hall–Kier alpha value is -0.880. The van der Waals surface area contributed by atoms with E-state index in [1.165, 1.54) is 11.3 Å². The van der Waals surface area contributed by atoms with E-state index in [2.05, 4.69) is 21.2 Å². The van der Waals surface area contributed by atoms with Gasteiger partial charge in [-0.25, -0.2) is 0 Å². The summed E-state index contributed by atoms with van der Waals surface area (Å²) in [6.45, 7) is 0. The molecule has 1 aromatic heterocycles. The maximum Gasteiger partial charge on any atom is 0.308 e. The van der Waals surface area contributed by atoms with Crippen molar-refractivity contribution in [3.8, 4) is 0 Å². The van der Waals surface area contributed by atoms with Crippen LogP contribution >= 0.6 is 27.3 Å². The van der Waals surface area contributed by atoms with Gasteiger partial charge in [-0.05, 0) is 40.9 Å². The molecular formula is C13H16BrNO3S. The van der Waals surface area contributed by atoms with Gasteiger partial charge < -0.3 is 10.4 Å². The molecule has 0 bridgehead atoms. The molecule has 1 saturated carbocycles. The molecule has 19 heavy (non-hydrogen) atoms. The number of carbonyl (C=O) groups is 2. The smallest absolute Gasteiger partial charge is 0.308 e. The van der Waals surface area contributed by atoms with Crippen LogP contribution in [-0.2, 0) is 4.79 Å². The van der Waals surface area contributed by atoms with Crippen molar-refractivity contribution < 1.29 is 14.7 Å². The lowest BCUT2D eigenvalue weighted by Crippen LogP contribution is -2.42. The highest BCUT2D eigenvalue weighted by Gasteiger charge is 2.30. The topological polar surface area (TPSA) is 66.4 Å². The molecule has 1 aromatic rings. The molecule has 2 atom stereocenters. The van der Waals surface area contributed by atoms with E-state index >= 15 is 0 Å². The summed E-state index contributed by atoms with van der Waals surface area (Å²) >= 11 is 4.67. The fourth-order valence-electron chi connectivity index (χ4n) is 2.45. The van der Waals surface area contributed by atoms with Gasteiger partial charge in [0.25, 0.3) is 5.91 Å². The highest BCUT2D eigenvalue weighted by atomic mass is 79.9. The van der Waals surface area contributed by atoms with Gasteiger partial charge in [0.15, 0.2) is 0 Å². The molecule has 1 aliphatic carbocycles. The first-order chi connectivity index (χ1) is 9.08. The van der Waals surface area contributed by atoms with Gasteiger partial charge in [-0.2, -0.15) is 0 Å². The molecule has 0 unspecified atom stereocenters. The zero-order valence-electron chi connectivity index (χ0n) is 10.4. The van der Waals surface area contributed by atoms with E-state index < -0.39 is 11.9 Å².